The Morgan fingerprint density at radius 3 is 2.50 bits per heavy atom. The van der Waals surface area contributed by atoms with E-state index in [2.05, 4.69) is 25.8 Å². The van der Waals surface area contributed by atoms with E-state index < -0.39 is 21.8 Å². The summed E-state index contributed by atoms with van der Waals surface area (Å²) >= 11 is 8.97. The molecule has 0 unspecified atom stereocenters. The molecule has 1 heterocycles. The summed E-state index contributed by atoms with van der Waals surface area (Å²) in [5, 5.41) is 3.68. The van der Waals surface area contributed by atoms with Crippen LogP contribution in [0.2, 0.25) is 5.02 Å². The van der Waals surface area contributed by atoms with Gasteiger partial charge in [0.1, 0.15) is 0 Å². The molecule has 5 nitrogen and oxygen atoms in total. The molecule has 0 aliphatic rings. The van der Waals surface area contributed by atoms with Crippen LogP contribution in [0, 0.1) is 0 Å². The normalized spacial score (nSPS) is 12.5. The van der Waals surface area contributed by atoms with Gasteiger partial charge in [-0.3, -0.25) is 4.72 Å². The first-order valence-corrected chi connectivity index (χ1v) is 8.64. The van der Waals surface area contributed by atoms with Gasteiger partial charge in [-0.1, -0.05) is 11.6 Å². The third-order valence-electron chi connectivity index (χ3n) is 2.51. The van der Waals surface area contributed by atoms with Crippen molar-refractivity contribution >= 4 is 43.4 Å². The van der Waals surface area contributed by atoms with Gasteiger partial charge in [0.15, 0.2) is 5.82 Å². The van der Waals surface area contributed by atoms with Crippen molar-refractivity contribution in [3.8, 4) is 5.69 Å². The van der Waals surface area contributed by atoms with Crippen LogP contribution in [0.1, 0.15) is 5.56 Å². The highest BCUT2D eigenvalue weighted by Gasteiger charge is 2.31. The van der Waals surface area contributed by atoms with Crippen LogP contribution in [-0.2, 0) is 16.2 Å². The molecule has 0 aliphatic heterocycles. The third kappa shape index (κ3) is 3.73. The predicted octanol–water partition coefficient (Wildman–Crippen LogP) is 3.68. The Bertz CT molecular complexity index is 820. The smallest absolute Gasteiger partial charge is 0.267 e. The molecule has 22 heavy (non-hydrogen) atoms. The lowest BCUT2D eigenvalue weighted by Gasteiger charge is -2.13. The summed E-state index contributed by atoms with van der Waals surface area (Å²) in [6.07, 6.45) is -2.30. The molecule has 1 N–H and O–H groups in total. The molecular weight excluding hydrogens is 411 g/mol. The van der Waals surface area contributed by atoms with Gasteiger partial charge in [0.2, 0.25) is 10.0 Å². The number of benzene rings is 1. The van der Waals surface area contributed by atoms with Crippen molar-refractivity contribution < 1.29 is 21.6 Å². The minimum absolute atomic E-state index is 0.0316. The first-order valence-electron chi connectivity index (χ1n) is 5.57. The number of nitrogens with zero attached hydrogens (tertiary/aromatic N) is 2. The maximum absolute atomic E-state index is 12.6. The number of aromatic nitrogens is 2. The second kappa shape index (κ2) is 5.74. The number of halogens is 5. The Morgan fingerprint density at radius 2 is 2.00 bits per heavy atom. The standard InChI is InChI=1S/C11H8BrClF3N3O2S/c1-22(20,21)18-10-7(12)5-17-19(10)9-3-2-6(4-8(9)13)11(14,15)16/h2-5,18H,1H3. The first kappa shape index (κ1) is 17.1. The topological polar surface area (TPSA) is 64.0 Å². The van der Waals surface area contributed by atoms with Crippen LogP contribution in [0.25, 0.3) is 5.69 Å². The molecule has 1 aromatic heterocycles. The summed E-state index contributed by atoms with van der Waals surface area (Å²) in [4.78, 5) is 0. The van der Waals surface area contributed by atoms with Gasteiger partial charge in [-0.2, -0.15) is 18.3 Å². The summed E-state index contributed by atoms with van der Waals surface area (Å²) in [5.74, 6) is 0.0316. The Morgan fingerprint density at radius 1 is 1.36 bits per heavy atom. The molecule has 0 saturated carbocycles. The predicted molar refractivity (Wildman–Crippen MR) is 79.7 cm³/mol. The van der Waals surface area contributed by atoms with Crippen molar-refractivity contribution in [2.24, 2.45) is 0 Å². The monoisotopic (exact) mass is 417 g/mol. The molecule has 0 bridgehead atoms. The lowest BCUT2D eigenvalue weighted by atomic mass is 10.2. The summed E-state index contributed by atoms with van der Waals surface area (Å²) < 4.78 is 64.2. The van der Waals surface area contributed by atoms with Crippen LogP contribution in [0.15, 0.2) is 28.9 Å². The van der Waals surface area contributed by atoms with Gasteiger partial charge in [0, 0.05) is 0 Å². The van der Waals surface area contributed by atoms with E-state index in [4.69, 9.17) is 11.6 Å². The quantitative estimate of drug-likeness (QED) is 0.827. The van der Waals surface area contributed by atoms with Gasteiger partial charge in [0.05, 0.1) is 33.2 Å². The van der Waals surface area contributed by atoms with E-state index in [9.17, 15) is 21.6 Å². The minimum Gasteiger partial charge on any atom is -0.267 e. The molecule has 0 aliphatic carbocycles. The largest absolute Gasteiger partial charge is 0.416 e. The van der Waals surface area contributed by atoms with E-state index in [-0.39, 0.29) is 16.5 Å². The van der Waals surface area contributed by atoms with Crippen LogP contribution in [0.3, 0.4) is 0 Å². The second-order valence-corrected chi connectivity index (χ2v) is 7.30. The molecule has 0 radical (unpaired) electrons. The SMILES string of the molecule is CS(=O)(=O)Nc1c(Br)cnn1-c1ccc(C(F)(F)F)cc1Cl. The van der Waals surface area contributed by atoms with Gasteiger partial charge >= 0.3 is 6.18 Å². The number of alkyl halides is 3. The number of rotatable bonds is 3. The molecule has 0 fully saturated rings. The summed E-state index contributed by atoms with van der Waals surface area (Å²) in [6, 6.07) is 2.69. The zero-order valence-electron chi connectivity index (χ0n) is 10.8. The lowest BCUT2D eigenvalue weighted by molar-refractivity contribution is -0.137. The van der Waals surface area contributed by atoms with E-state index in [1.807, 2.05) is 0 Å². The summed E-state index contributed by atoms with van der Waals surface area (Å²) in [5.41, 5.74) is -0.809. The molecule has 1 aromatic carbocycles. The van der Waals surface area contributed by atoms with E-state index in [0.29, 0.717) is 4.47 Å². The van der Waals surface area contributed by atoms with Crippen LogP contribution in [0.4, 0.5) is 19.0 Å². The number of anilines is 1. The van der Waals surface area contributed by atoms with Gasteiger partial charge in [0.25, 0.3) is 0 Å². The van der Waals surface area contributed by atoms with Crippen LogP contribution in [-0.4, -0.2) is 24.5 Å². The lowest BCUT2D eigenvalue weighted by Crippen LogP contribution is -2.14. The fourth-order valence-electron chi connectivity index (χ4n) is 1.63. The average molecular weight is 419 g/mol. The van der Waals surface area contributed by atoms with Crippen molar-refractivity contribution in [2.75, 3.05) is 11.0 Å². The molecule has 0 amide bonds. The fraction of sp³-hybridized carbons (Fsp3) is 0.182. The van der Waals surface area contributed by atoms with E-state index in [1.54, 1.807) is 0 Å². The molecule has 11 heteroatoms. The fourth-order valence-corrected chi connectivity index (χ4v) is 2.93. The Hall–Kier alpha value is -1.26. The molecule has 120 valence electrons. The van der Waals surface area contributed by atoms with E-state index in [0.717, 1.165) is 29.1 Å². The van der Waals surface area contributed by atoms with E-state index in [1.165, 1.54) is 6.20 Å². The minimum atomic E-state index is -4.53. The van der Waals surface area contributed by atoms with Gasteiger partial charge in [-0.25, -0.2) is 13.1 Å². The number of nitrogens with one attached hydrogen (secondary N) is 1. The Labute approximate surface area is 137 Å². The number of hydrogen-bond donors (Lipinski definition) is 1. The molecule has 0 spiro atoms. The average Bonchev–Trinajstić information content (AvgIpc) is 2.68. The van der Waals surface area contributed by atoms with Crippen LogP contribution < -0.4 is 4.72 Å². The third-order valence-corrected chi connectivity index (χ3v) is 3.96. The summed E-state index contributed by atoms with van der Waals surface area (Å²) in [7, 11) is -3.61. The van der Waals surface area contributed by atoms with Gasteiger partial charge in [-0.05, 0) is 34.1 Å². The van der Waals surface area contributed by atoms with Gasteiger partial charge in [-0.15, -0.1) is 0 Å². The highest BCUT2D eigenvalue weighted by Crippen LogP contribution is 2.35. The van der Waals surface area contributed by atoms with E-state index >= 15 is 0 Å². The van der Waals surface area contributed by atoms with Crippen molar-refractivity contribution in [3.05, 3.63) is 39.5 Å². The zero-order valence-corrected chi connectivity index (χ0v) is 14.0. The Balaban J connectivity index is 2.54. The molecular formula is C11H8BrClF3N3O2S. The first-order chi connectivity index (χ1) is 9.99. The maximum Gasteiger partial charge on any atom is 0.416 e. The Kier molecular flexibility index (Phi) is 4.46. The maximum atomic E-state index is 12.6. The van der Waals surface area contributed by atoms with Crippen molar-refractivity contribution in [3.63, 3.8) is 0 Å². The van der Waals surface area contributed by atoms with Crippen LogP contribution in [0.5, 0.6) is 0 Å². The molecule has 2 rings (SSSR count). The van der Waals surface area contributed by atoms with Gasteiger partial charge < -0.3 is 0 Å². The molecule has 0 atom stereocenters. The zero-order chi connectivity index (χ0) is 16.7. The number of hydrogen-bond acceptors (Lipinski definition) is 3. The van der Waals surface area contributed by atoms with Crippen molar-refractivity contribution in [2.45, 2.75) is 6.18 Å². The summed E-state index contributed by atoms with van der Waals surface area (Å²) in [6.45, 7) is 0. The number of sulfonamides is 1. The van der Waals surface area contributed by atoms with Crippen molar-refractivity contribution in [1.29, 1.82) is 0 Å². The van der Waals surface area contributed by atoms with Crippen molar-refractivity contribution in [1.82, 2.24) is 9.78 Å². The molecule has 2 aromatic rings. The molecule has 0 saturated heterocycles. The highest BCUT2D eigenvalue weighted by molar-refractivity contribution is 9.10. The van der Waals surface area contributed by atoms with Crippen LogP contribution >= 0.6 is 27.5 Å². The highest BCUT2D eigenvalue weighted by atomic mass is 79.9. The second-order valence-electron chi connectivity index (χ2n) is 4.29.